The summed E-state index contributed by atoms with van der Waals surface area (Å²) < 4.78 is 5.32. The average Bonchev–Trinajstić information content (AvgIpc) is 2.92. The summed E-state index contributed by atoms with van der Waals surface area (Å²) in [6, 6.07) is 1.94. The number of carbonyl (C=O) groups is 1. The molecular weight excluding hydrogens is 310 g/mol. The van der Waals surface area contributed by atoms with E-state index in [-0.39, 0.29) is 5.78 Å². The summed E-state index contributed by atoms with van der Waals surface area (Å²) in [7, 11) is 0. The number of allylic oxidation sites excluding steroid dienone is 1. The van der Waals surface area contributed by atoms with E-state index in [0.29, 0.717) is 19.2 Å². The van der Waals surface area contributed by atoms with Crippen LogP contribution >= 0.6 is 11.3 Å². The van der Waals surface area contributed by atoms with Crippen LogP contribution in [0.1, 0.15) is 25.7 Å². The molecule has 3 heterocycles. The number of aryl methyl sites for hydroxylation is 2. The van der Waals surface area contributed by atoms with Crippen LogP contribution in [0.15, 0.2) is 24.5 Å². The van der Waals surface area contributed by atoms with Crippen molar-refractivity contribution in [3.8, 4) is 0 Å². The third kappa shape index (κ3) is 3.83. The third-order valence-electron chi connectivity index (χ3n) is 3.69. The van der Waals surface area contributed by atoms with Gasteiger partial charge in [-0.3, -0.25) is 4.79 Å². The number of ether oxygens (including phenoxy) is 1. The zero-order valence-corrected chi connectivity index (χ0v) is 14.1. The number of hydrogen-bond donors (Lipinski definition) is 0. The molecule has 0 amide bonds. The zero-order chi connectivity index (χ0) is 16.2. The van der Waals surface area contributed by atoms with Crippen LogP contribution in [0.25, 0.3) is 6.08 Å². The molecule has 1 saturated heterocycles. The molecule has 0 aromatic carbocycles. The maximum atomic E-state index is 12.2. The van der Waals surface area contributed by atoms with Crippen LogP contribution in [0.2, 0.25) is 0 Å². The number of rotatable bonds is 4. The molecule has 120 valence electrons. The van der Waals surface area contributed by atoms with E-state index < -0.39 is 0 Å². The number of anilines is 1. The number of thiophene rings is 1. The fourth-order valence-corrected chi connectivity index (χ4v) is 3.41. The lowest BCUT2D eigenvalue weighted by atomic mass is 10.1. The second-order valence-electron chi connectivity index (χ2n) is 5.44. The van der Waals surface area contributed by atoms with Gasteiger partial charge in [0.1, 0.15) is 0 Å². The lowest BCUT2D eigenvalue weighted by Gasteiger charge is -2.26. The Hall–Kier alpha value is -2.05. The first kappa shape index (κ1) is 15.8. The molecule has 0 unspecified atom stereocenters. The fraction of sp³-hybridized carbons (Fsp3) is 0.353. The Morgan fingerprint density at radius 1 is 1.26 bits per heavy atom. The highest BCUT2D eigenvalue weighted by Crippen LogP contribution is 2.21. The van der Waals surface area contributed by atoms with Crippen LogP contribution in [0, 0.1) is 13.8 Å². The van der Waals surface area contributed by atoms with Crippen LogP contribution in [0.5, 0.6) is 0 Å². The summed E-state index contributed by atoms with van der Waals surface area (Å²) in [5, 5.41) is 0. The molecule has 5 nitrogen and oxygen atoms in total. The first-order chi connectivity index (χ1) is 11.1. The van der Waals surface area contributed by atoms with E-state index in [2.05, 4.69) is 14.9 Å². The predicted octanol–water partition coefficient (Wildman–Crippen LogP) is 2.89. The van der Waals surface area contributed by atoms with Crippen LogP contribution < -0.4 is 4.90 Å². The number of hydrogen-bond acceptors (Lipinski definition) is 6. The van der Waals surface area contributed by atoms with Gasteiger partial charge in [0, 0.05) is 46.4 Å². The molecule has 1 fully saturated rings. The minimum Gasteiger partial charge on any atom is -0.378 e. The highest BCUT2D eigenvalue weighted by atomic mass is 32.1. The van der Waals surface area contributed by atoms with Gasteiger partial charge in [-0.05, 0) is 32.1 Å². The minimum absolute atomic E-state index is 0.0177. The van der Waals surface area contributed by atoms with E-state index in [4.69, 9.17) is 4.74 Å². The highest BCUT2D eigenvalue weighted by Gasteiger charge is 2.13. The molecule has 0 spiro atoms. The fourth-order valence-electron chi connectivity index (χ4n) is 2.48. The maximum absolute atomic E-state index is 12.2. The predicted molar refractivity (Wildman–Crippen MR) is 92.2 cm³/mol. The summed E-state index contributed by atoms with van der Waals surface area (Å²) >= 11 is 1.64. The number of ketones is 1. The van der Waals surface area contributed by atoms with E-state index in [9.17, 15) is 4.79 Å². The highest BCUT2D eigenvalue weighted by molar-refractivity contribution is 7.12. The molecule has 2 aromatic rings. The van der Waals surface area contributed by atoms with Crippen LogP contribution in [0.4, 0.5) is 5.95 Å². The van der Waals surface area contributed by atoms with Gasteiger partial charge in [-0.1, -0.05) is 0 Å². The number of morpholine rings is 1. The van der Waals surface area contributed by atoms with Crippen molar-refractivity contribution in [3.05, 3.63) is 45.4 Å². The molecule has 0 radical (unpaired) electrons. The minimum atomic E-state index is 0.0177. The smallest absolute Gasteiger partial charge is 0.225 e. The molecule has 1 aliphatic rings. The summed E-state index contributed by atoms with van der Waals surface area (Å²) in [4.78, 5) is 25.3. The SMILES string of the molecule is Cc1cc(C(=O)/C=C/c2cnc(N3CCOCC3)nc2)c(C)s1. The first-order valence-electron chi connectivity index (χ1n) is 7.57. The van der Waals surface area contributed by atoms with E-state index in [0.717, 1.165) is 34.0 Å². The van der Waals surface area contributed by atoms with Gasteiger partial charge in [0.05, 0.1) is 13.2 Å². The van der Waals surface area contributed by atoms with Gasteiger partial charge >= 0.3 is 0 Å². The number of carbonyl (C=O) groups excluding carboxylic acids is 1. The van der Waals surface area contributed by atoms with Crippen molar-refractivity contribution in [2.45, 2.75) is 13.8 Å². The topological polar surface area (TPSA) is 55.3 Å². The quantitative estimate of drug-likeness (QED) is 0.638. The molecule has 0 atom stereocenters. The molecule has 2 aromatic heterocycles. The van der Waals surface area contributed by atoms with Crippen LogP contribution in [-0.2, 0) is 4.74 Å². The van der Waals surface area contributed by atoms with Crippen molar-refractivity contribution in [2.75, 3.05) is 31.2 Å². The molecule has 0 aliphatic carbocycles. The molecule has 1 aliphatic heterocycles. The van der Waals surface area contributed by atoms with E-state index >= 15 is 0 Å². The Bertz CT molecular complexity index is 716. The van der Waals surface area contributed by atoms with Crippen molar-refractivity contribution in [3.63, 3.8) is 0 Å². The van der Waals surface area contributed by atoms with E-state index in [1.165, 1.54) is 0 Å². The third-order valence-corrected chi connectivity index (χ3v) is 4.65. The molecule has 23 heavy (non-hydrogen) atoms. The molecule has 3 rings (SSSR count). The summed E-state index contributed by atoms with van der Waals surface area (Å²) in [6.45, 7) is 7.02. The average molecular weight is 329 g/mol. The summed E-state index contributed by atoms with van der Waals surface area (Å²) in [5.74, 6) is 0.727. The number of aromatic nitrogens is 2. The van der Waals surface area contributed by atoms with Gasteiger partial charge in [-0.15, -0.1) is 11.3 Å². The van der Waals surface area contributed by atoms with Gasteiger partial charge in [-0.2, -0.15) is 0 Å². The Kier molecular flexibility index (Phi) is 4.83. The Balaban J connectivity index is 1.67. The van der Waals surface area contributed by atoms with Gasteiger partial charge in [0.2, 0.25) is 5.95 Å². The molecular formula is C17H19N3O2S. The molecule has 6 heteroatoms. The Morgan fingerprint density at radius 3 is 2.57 bits per heavy atom. The van der Waals surface area contributed by atoms with Crippen LogP contribution in [-0.4, -0.2) is 42.1 Å². The summed E-state index contributed by atoms with van der Waals surface area (Å²) in [6.07, 6.45) is 6.83. The van der Waals surface area contributed by atoms with Crippen molar-refractivity contribution < 1.29 is 9.53 Å². The molecule has 0 N–H and O–H groups in total. The van der Waals surface area contributed by atoms with Gasteiger partial charge in [-0.25, -0.2) is 9.97 Å². The van der Waals surface area contributed by atoms with Crippen molar-refractivity contribution in [2.24, 2.45) is 0 Å². The summed E-state index contributed by atoms with van der Waals surface area (Å²) in [5.41, 5.74) is 1.59. The maximum Gasteiger partial charge on any atom is 0.225 e. The van der Waals surface area contributed by atoms with Crippen LogP contribution in [0.3, 0.4) is 0 Å². The largest absolute Gasteiger partial charge is 0.378 e. The van der Waals surface area contributed by atoms with Crippen molar-refractivity contribution >= 4 is 29.1 Å². The van der Waals surface area contributed by atoms with Gasteiger partial charge in [0.25, 0.3) is 0 Å². The van der Waals surface area contributed by atoms with Gasteiger partial charge < -0.3 is 9.64 Å². The first-order valence-corrected chi connectivity index (χ1v) is 8.39. The second kappa shape index (κ2) is 7.02. The van der Waals surface area contributed by atoms with Gasteiger partial charge in [0.15, 0.2) is 5.78 Å². The molecule has 0 bridgehead atoms. The lowest BCUT2D eigenvalue weighted by molar-refractivity contribution is 0.104. The zero-order valence-electron chi connectivity index (χ0n) is 13.3. The normalized spacial score (nSPS) is 15.3. The van der Waals surface area contributed by atoms with Crippen molar-refractivity contribution in [1.82, 2.24) is 9.97 Å². The van der Waals surface area contributed by atoms with E-state index in [1.54, 1.807) is 35.9 Å². The Morgan fingerprint density at radius 2 is 1.96 bits per heavy atom. The number of nitrogens with zero attached hydrogens (tertiary/aromatic N) is 3. The van der Waals surface area contributed by atoms with Crippen molar-refractivity contribution in [1.29, 1.82) is 0 Å². The Labute approximate surface area is 139 Å². The second-order valence-corrected chi connectivity index (χ2v) is 6.90. The van der Waals surface area contributed by atoms with E-state index in [1.807, 2.05) is 19.9 Å². The monoisotopic (exact) mass is 329 g/mol. The lowest BCUT2D eigenvalue weighted by Crippen LogP contribution is -2.37. The standard InChI is InChI=1S/C17H19N3O2S/c1-12-9-15(13(2)23-12)16(21)4-3-14-10-18-17(19-11-14)20-5-7-22-8-6-20/h3-4,9-11H,5-8H2,1-2H3/b4-3+. The molecule has 0 saturated carbocycles.